The molecule has 216 valence electrons. The quantitative estimate of drug-likeness (QED) is 0.285. The monoisotopic (exact) mass is 586 g/mol. The van der Waals surface area contributed by atoms with E-state index in [4.69, 9.17) is 10.5 Å². The van der Waals surface area contributed by atoms with Gasteiger partial charge in [0.1, 0.15) is 23.4 Å². The summed E-state index contributed by atoms with van der Waals surface area (Å²) in [4.78, 5) is 35.8. The van der Waals surface area contributed by atoms with Gasteiger partial charge in [-0.1, -0.05) is 30.3 Å². The zero-order valence-electron chi connectivity index (χ0n) is 22.8. The van der Waals surface area contributed by atoms with Crippen LogP contribution in [-0.2, 0) is 17.9 Å². The summed E-state index contributed by atoms with van der Waals surface area (Å²) in [6.07, 6.45) is 5.64. The minimum absolute atomic E-state index is 0. The molecular formula is C30H31ClN8O3. The van der Waals surface area contributed by atoms with Crippen LogP contribution in [0.25, 0.3) is 27.8 Å². The summed E-state index contributed by atoms with van der Waals surface area (Å²) in [6.45, 7) is 3.07. The molecule has 5 heterocycles. The number of hydrogen-bond donors (Lipinski definition) is 3. The van der Waals surface area contributed by atoms with Gasteiger partial charge in [0.2, 0.25) is 0 Å². The predicted octanol–water partition coefficient (Wildman–Crippen LogP) is 3.76. The fourth-order valence-corrected chi connectivity index (χ4v) is 5.96. The molecule has 11 nitrogen and oxygen atoms in total. The van der Waals surface area contributed by atoms with Crippen molar-refractivity contribution in [3.63, 3.8) is 0 Å². The Kier molecular flexibility index (Phi) is 7.55. The normalized spacial score (nSPS) is 15.2. The second kappa shape index (κ2) is 11.4. The minimum Gasteiger partial charge on any atom is -0.383 e. The van der Waals surface area contributed by atoms with Crippen LogP contribution in [0.5, 0.6) is 0 Å². The summed E-state index contributed by atoms with van der Waals surface area (Å²) in [5, 5.41) is 7.15. The molecule has 0 atom stereocenters. The number of amides is 1. The van der Waals surface area contributed by atoms with Crippen LogP contribution in [0.3, 0.4) is 0 Å². The van der Waals surface area contributed by atoms with Crippen molar-refractivity contribution in [3.05, 3.63) is 88.7 Å². The third kappa shape index (κ3) is 4.75. The number of aromatic nitrogens is 5. The molecule has 5 aromatic rings. The number of carbonyl (C=O) groups excluding carboxylic acids is 1. The topological polar surface area (TPSA) is 134 Å². The maximum Gasteiger partial charge on any atom is 0.284 e. The van der Waals surface area contributed by atoms with Crippen molar-refractivity contribution < 1.29 is 9.53 Å². The van der Waals surface area contributed by atoms with Gasteiger partial charge in [0.25, 0.3) is 11.5 Å². The van der Waals surface area contributed by atoms with Gasteiger partial charge < -0.3 is 25.7 Å². The Bertz CT molecular complexity index is 1800. The van der Waals surface area contributed by atoms with Gasteiger partial charge in [0.05, 0.1) is 36.5 Å². The lowest BCUT2D eigenvalue weighted by Gasteiger charge is -2.24. The molecule has 1 amide bonds. The SMILES string of the molecule is Cl.Nc1ncnc2c1c(-c1ccc(NC(=O)c3c4n(n(-c5ccccc5)c3=O)CCOC4)cc1)cn2C1CCNCC1. The summed E-state index contributed by atoms with van der Waals surface area (Å²) >= 11 is 0. The van der Waals surface area contributed by atoms with Crippen LogP contribution in [-0.4, -0.2) is 49.5 Å². The summed E-state index contributed by atoms with van der Waals surface area (Å²) < 4.78 is 11.2. The van der Waals surface area contributed by atoms with Crippen molar-refractivity contribution in [3.8, 4) is 16.8 Å². The van der Waals surface area contributed by atoms with Gasteiger partial charge in [0, 0.05) is 23.5 Å². The third-order valence-corrected chi connectivity index (χ3v) is 7.96. The maximum absolute atomic E-state index is 13.5. The Morgan fingerprint density at radius 3 is 2.57 bits per heavy atom. The summed E-state index contributed by atoms with van der Waals surface area (Å²) in [6, 6.07) is 17.2. The number of hydrogen-bond acceptors (Lipinski definition) is 7. The number of fused-ring (bicyclic) bond motifs is 2. The van der Waals surface area contributed by atoms with Gasteiger partial charge in [-0.3, -0.25) is 14.3 Å². The van der Waals surface area contributed by atoms with E-state index in [9.17, 15) is 9.59 Å². The summed E-state index contributed by atoms with van der Waals surface area (Å²) in [5.41, 5.74) is 10.6. The molecule has 4 N–H and O–H groups in total. The molecule has 2 aromatic carbocycles. The molecule has 0 unspecified atom stereocenters. The zero-order chi connectivity index (χ0) is 27.9. The van der Waals surface area contributed by atoms with Crippen LogP contribution >= 0.6 is 12.4 Å². The Morgan fingerprint density at radius 2 is 1.81 bits per heavy atom. The number of para-hydroxylation sites is 1. The van der Waals surface area contributed by atoms with Gasteiger partial charge >= 0.3 is 0 Å². The number of benzene rings is 2. The molecule has 0 aliphatic carbocycles. The van der Waals surface area contributed by atoms with Crippen LogP contribution < -0.4 is 21.9 Å². The molecule has 7 rings (SSSR count). The van der Waals surface area contributed by atoms with E-state index >= 15 is 0 Å². The number of ether oxygens (including phenoxy) is 1. The minimum atomic E-state index is -0.466. The van der Waals surface area contributed by atoms with Crippen molar-refractivity contribution in [1.29, 1.82) is 0 Å². The van der Waals surface area contributed by atoms with E-state index in [2.05, 4.69) is 31.4 Å². The average molecular weight is 587 g/mol. The van der Waals surface area contributed by atoms with E-state index in [1.54, 1.807) is 4.68 Å². The van der Waals surface area contributed by atoms with Crippen molar-refractivity contribution in [2.24, 2.45) is 0 Å². The molecule has 42 heavy (non-hydrogen) atoms. The van der Waals surface area contributed by atoms with Gasteiger partial charge in [-0.15, -0.1) is 12.4 Å². The highest BCUT2D eigenvalue weighted by molar-refractivity contribution is 6.05. The van der Waals surface area contributed by atoms with E-state index in [-0.39, 0.29) is 30.1 Å². The number of piperidine rings is 1. The van der Waals surface area contributed by atoms with Crippen molar-refractivity contribution in [2.75, 3.05) is 30.7 Å². The summed E-state index contributed by atoms with van der Waals surface area (Å²) in [7, 11) is 0. The number of rotatable bonds is 5. The number of halogens is 1. The Labute approximate surface area is 247 Å². The zero-order valence-corrected chi connectivity index (χ0v) is 23.6. The lowest BCUT2D eigenvalue weighted by molar-refractivity contribution is 0.0756. The molecular weight excluding hydrogens is 556 g/mol. The first-order valence-electron chi connectivity index (χ1n) is 13.8. The Balaban J connectivity index is 0.00000316. The van der Waals surface area contributed by atoms with Crippen molar-refractivity contribution >= 4 is 40.9 Å². The van der Waals surface area contributed by atoms with Crippen LogP contribution in [0.2, 0.25) is 0 Å². The van der Waals surface area contributed by atoms with E-state index in [0.717, 1.165) is 48.1 Å². The Morgan fingerprint density at radius 1 is 1.05 bits per heavy atom. The molecule has 1 saturated heterocycles. The second-order valence-corrected chi connectivity index (χ2v) is 10.4. The van der Waals surface area contributed by atoms with E-state index in [0.29, 0.717) is 42.1 Å². The lowest BCUT2D eigenvalue weighted by atomic mass is 10.1. The molecule has 1 fully saturated rings. The molecule has 2 aliphatic heterocycles. The molecule has 0 spiro atoms. The predicted molar refractivity (Wildman–Crippen MR) is 163 cm³/mol. The first-order valence-corrected chi connectivity index (χ1v) is 13.8. The van der Waals surface area contributed by atoms with Crippen molar-refractivity contribution in [2.45, 2.75) is 32.0 Å². The van der Waals surface area contributed by atoms with Crippen LogP contribution in [0.4, 0.5) is 11.5 Å². The highest BCUT2D eigenvalue weighted by Gasteiger charge is 2.28. The average Bonchev–Trinajstić information content (AvgIpc) is 3.54. The number of nitrogen functional groups attached to an aromatic ring is 1. The van der Waals surface area contributed by atoms with Gasteiger partial charge in [0.15, 0.2) is 0 Å². The number of nitrogens with one attached hydrogen (secondary N) is 2. The fourth-order valence-electron chi connectivity index (χ4n) is 5.96. The highest BCUT2D eigenvalue weighted by atomic mass is 35.5. The van der Waals surface area contributed by atoms with Crippen LogP contribution in [0.1, 0.15) is 34.9 Å². The molecule has 2 aliphatic rings. The molecule has 0 radical (unpaired) electrons. The van der Waals surface area contributed by atoms with Gasteiger partial charge in [-0.05, 0) is 55.8 Å². The smallest absolute Gasteiger partial charge is 0.284 e. The molecule has 0 bridgehead atoms. The standard InChI is InChI=1S/C30H30N8O3.ClH/c31-27-25-23(16-36(28(25)34-18-33-27)21-10-12-32-13-11-21)19-6-8-20(9-7-19)35-29(39)26-24-17-41-15-14-37(24)38(30(26)40)22-4-2-1-3-5-22;/h1-9,16,18,21,32H,10-15,17H2,(H,35,39)(H2,31,33,34);1H. The number of nitrogens with zero attached hydrogens (tertiary/aromatic N) is 5. The van der Waals surface area contributed by atoms with Gasteiger partial charge in [-0.2, -0.15) is 0 Å². The molecule has 12 heteroatoms. The highest BCUT2D eigenvalue weighted by Crippen LogP contribution is 2.36. The van der Waals surface area contributed by atoms with E-state index in [1.165, 1.54) is 6.33 Å². The van der Waals surface area contributed by atoms with Gasteiger partial charge in [-0.25, -0.2) is 14.6 Å². The van der Waals surface area contributed by atoms with Crippen LogP contribution in [0, 0.1) is 0 Å². The van der Waals surface area contributed by atoms with Crippen molar-refractivity contribution in [1.82, 2.24) is 29.2 Å². The number of carbonyl (C=O) groups is 1. The largest absolute Gasteiger partial charge is 0.383 e. The first-order chi connectivity index (χ1) is 20.1. The Hall–Kier alpha value is -4.45. The lowest BCUT2D eigenvalue weighted by Crippen LogP contribution is -2.29. The third-order valence-electron chi connectivity index (χ3n) is 7.96. The number of nitrogens with two attached hydrogens (primary N) is 1. The second-order valence-electron chi connectivity index (χ2n) is 10.4. The summed E-state index contributed by atoms with van der Waals surface area (Å²) in [5.74, 6) is -0.0303. The number of anilines is 2. The van der Waals surface area contributed by atoms with E-state index < -0.39 is 5.91 Å². The van der Waals surface area contributed by atoms with Crippen LogP contribution in [0.15, 0.2) is 71.9 Å². The molecule has 0 saturated carbocycles. The van der Waals surface area contributed by atoms with E-state index in [1.807, 2.05) is 59.3 Å². The maximum atomic E-state index is 13.5. The molecule has 3 aromatic heterocycles. The fraction of sp³-hybridized carbons (Fsp3) is 0.267. The first kappa shape index (κ1) is 27.7.